The fourth-order valence-electron chi connectivity index (χ4n) is 1.83. The number of carbonyl (C=O) groups is 1. The molecule has 0 aliphatic heterocycles. The minimum Gasteiger partial charge on any atom is -0.398 e. The van der Waals surface area contributed by atoms with E-state index < -0.39 is 0 Å². The first-order chi connectivity index (χ1) is 8.59. The van der Waals surface area contributed by atoms with Crippen LogP contribution in [0, 0.1) is 6.92 Å². The van der Waals surface area contributed by atoms with Gasteiger partial charge in [-0.05, 0) is 36.8 Å². The van der Waals surface area contributed by atoms with Crippen LogP contribution in [0.1, 0.15) is 15.9 Å². The fourth-order valence-corrected chi connectivity index (χ4v) is 1.83. The Hall–Kier alpha value is -2.29. The average molecular weight is 240 g/mol. The number of amides is 1. The molecular formula is C15H16N2O. The Balaban J connectivity index is 2.32. The highest BCUT2D eigenvalue weighted by atomic mass is 16.2. The number of nitrogen functional groups attached to an aromatic ring is 1. The van der Waals surface area contributed by atoms with Crippen molar-refractivity contribution in [1.29, 1.82) is 0 Å². The number of hydrogen-bond acceptors (Lipinski definition) is 2. The number of para-hydroxylation sites is 1. The summed E-state index contributed by atoms with van der Waals surface area (Å²) in [6, 6.07) is 15.0. The van der Waals surface area contributed by atoms with Gasteiger partial charge in [0.15, 0.2) is 0 Å². The van der Waals surface area contributed by atoms with Gasteiger partial charge in [-0.2, -0.15) is 0 Å². The van der Waals surface area contributed by atoms with Crippen LogP contribution in [-0.4, -0.2) is 13.0 Å². The Morgan fingerprint density at radius 3 is 2.39 bits per heavy atom. The van der Waals surface area contributed by atoms with E-state index in [1.807, 2.05) is 49.4 Å². The number of anilines is 2. The van der Waals surface area contributed by atoms with Crippen molar-refractivity contribution >= 4 is 17.3 Å². The number of nitrogens with two attached hydrogens (primary N) is 1. The Kier molecular flexibility index (Phi) is 3.33. The highest BCUT2D eigenvalue weighted by molar-refractivity contribution is 6.09. The summed E-state index contributed by atoms with van der Waals surface area (Å²) in [5.74, 6) is -0.0984. The lowest BCUT2D eigenvalue weighted by molar-refractivity contribution is 0.0994. The van der Waals surface area contributed by atoms with E-state index in [-0.39, 0.29) is 5.91 Å². The monoisotopic (exact) mass is 240 g/mol. The van der Waals surface area contributed by atoms with E-state index in [4.69, 9.17) is 5.73 Å². The molecule has 2 rings (SSSR count). The molecule has 3 nitrogen and oxygen atoms in total. The molecule has 0 atom stereocenters. The predicted octanol–water partition coefficient (Wildman–Crippen LogP) is 2.85. The summed E-state index contributed by atoms with van der Waals surface area (Å²) in [6.45, 7) is 1.95. The molecule has 2 aromatic carbocycles. The molecule has 0 fully saturated rings. The van der Waals surface area contributed by atoms with Gasteiger partial charge < -0.3 is 10.6 Å². The molecular weight excluding hydrogens is 224 g/mol. The van der Waals surface area contributed by atoms with Crippen LogP contribution in [-0.2, 0) is 0 Å². The molecule has 1 amide bonds. The van der Waals surface area contributed by atoms with Gasteiger partial charge in [-0.25, -0.2) is 0 Å². The van der Waals surface area contributed by atoms with Crippen molar-refractivity contribution in [3.8, 4) is 0 Å². The molecule has 0 saturated heterocycles. The number of hydrogen-bond donors (Lipinski definition) is 1. The third-order valence-corrected chi connectivity index (χ3v) is 2.89. The van der Waals surface area contributed by atoms with Crippen molar-refractivity contribution < 1.29 is 4.79 Å². The van der Waals surface area contributed by atoms with E-state index in [1.165, 1.54) is 0 Å². The Bertz CT molecular complexity index is 564. The normalized spacial score (nSPS) is 10.1. The summed E-state index contributed by atoms with van der Waals surface area (Å²) in [6.07, 6.45) is 0. The Labute approximate surface area is 107 Å². The van der Waals surface area contributed by atoms with Crippen molar-refractivity contribution in [1.82, 2.24) is 0 Å². The predicted molar refractivity (Wildman–Crippen MR) is 74.8 cm³/mol. The van der Waals surface area contributed by atoms with E-state index in [1.54, 1.807) is 18.0 Å². The maximum Gasteiger partial charge on any atom is 0.260 e. The van der Waals surface area contributed by atoms with Crippen molar-refractivity contribution in [2.45, 2.75) is 6.92 Å². The molecule has 3 heteroatoms. The summed E-state index contributed by atoms with van der Waals surface area (Å²) < 4.78 is 0. The quantitative estimate of drug-likeness (QED) is 0.820. The molecule has 92 valence electrons. The molecule has 0 spiro atoms. The van der Waals surface area contributed by atoms with Crippen LogP contribution >= 0.6 is 0 Å². The molecule has 2 aromatic rings. The highest BCUT2D eigenvalue weighted by Crippen LogP contribution is 2.19. The van der Waals surface area contributed by atoms with Gasteiger partial charge in [-0.3, -0.25) is 4.79 Å². The first-order valence-electron chi connectivity index (χ1n) is 5.79. The SMILES string of the molecule is Cc1ccc(C(=O)N(C)c2ccccc2)c(N)c1. The van der Waals surface area contributed by atoms with Crippen LogP contribution in [0.25, 0.3) is 0 Å². The number of aryl methyl sites for hydroxylation is 1. The van der Waals surface area contributed by atoms with Gasteiger partial charge in [0.05, 0.1) is 5.56 Å². The molecule has 0 radical (unpaired) electrons. The molecule has 18 heavy (non-hydrogen) atoms. The zero-order valence-electron chi connectivity index (χ0n) is 10.6. The highest BCUT2D eigenvalue weighted by Gasteiger charge is 2.15. The van der Waals surface area contributed by atoms with Crippen LogP contribution in [0.4, 0.5) is 11.4 Å². The van der Waals surface area contributed by atoms with Crippen LogP contribution in [0.2, 0.25) is 0 Å². The van der Waals surface area contributed by atoms with E-state index >= 15 is 0 Å². The Morgan fingerprint density at radius 2 is 1.78 bits per heavy atom. The smallest absolute Gasteiger partial charge is 0.260 e. The number of benzene rings is 2. The largest absolute Gasteiger partial charge is 0.398 e. The second-order valence-corrected chi connectivity index (χ2v) is 4.29. The van der Waals surface area contributed by atoms with Crippen molar-refractivity contribution in [2.75, 3.05) is 17.7 Å². The first-order valence-corrected chi connectivity index (χ1v) is 5.79. The maximum absolute atomic E-state index is 12.3. The topological polar surface area (TPSA) is 46.3 Å². The fraction of sp³-hybridized carbons (Fsp3) is 0.133. The van der Waals surface area contributed by atoms with Crippen molar-refractivity contribution in [3.63, 3.8) is 0 Å². The standard InChI is InChI=1S/C15H16N2O/c1-11-8-9-13(14(16)10-11)15(18)17(2)12-6-4-3-5-7-12/h3-10H,16H2,1-2H3. The van der Waals surface area contributed by atoms with Gasteiger partial charge in [-0.15, -0.1) is 0 Å². The number of rotatable bonds is 2. The second kappa shape index (κ2) is 4.92. The van der Waals surface area contributed by atoms with E-state index in [0.29, 0.717) is 11.3 Å². The van der Waals surface area contributed by atoms with Gasteiger partial charge in [0.25, 0.3) is 5.91 Å². The summed E-state index contributed by atoms with van der Waals surface area (Å²) in [7, 11) is 1.75. The summed E-state index contributed by atoms with van der Waals surface area (Å²) in [5.41, 5.74) is 8.84. The molecule has 0 heterocycles. The third-order valence-electron chi connectivity index (χ3n) is 2.89. The van der Waals surface area contributed by atoms with Gasteiger partial charge in [0.2, 0.25) is 0 Å². The molecule has 0 unspecified atom stereocenters. The third kappa shape index (κ3) is 2.35. The van der Waals surface area contributed by atoms with Gasteiger partial charge in [0, 0.05) is 18.4 Å². The van der Waals surface area contributed by atoms with Gasteiger partial charge >= 0.3 is 0 Å². The summed E-state index contributed by atoms with van der Waals surface area (Å²) in [4.78, 5) is 13.9. The molecule has 2 N–H and O–H groups in total. The van der Waals surface area contributed by atoms with Crippen LogP contribution in [0.3, 0.4) is 0 Å². The van der Waals surface area contributed by atoms with Crippen LogP contribution < -0.4 is 10.6 Å². The zero-order valence-corrected chi connectivity index (χ0v) is 10.6. The van der Waals surface area contributed by atoms with Crippen LogP contribution in [0.15, 0.2) is 48.5 Å². The van der Waals surface area contributed by atoms with E-state index in [9.17, 15) is 4.79 Å². The van der Waals surface area contributed by atoms with E-state index in [2.05, 4.69) is 0 Å². The average Bonchev–Trinajstić information content (AvgIpc) is 2.38. The molecule has 0 saturated carbocycles. The minimum atomic E-state index is -0.0984. The minimum absolute atomic E-state index is 0.0984. The lowest BCUT2D eigenvalue weighted by Crippen LogP contribution is -2.26. The lowest BCUT2D eigenvalue weighted by atomic mass is 10.1. The second-order valence-electron chi connectivity index (χ2n) is 4.29. The van der Waals surface area contributed by atoms with Crippen molar-refractivity contribution in [3.05, 3.63) is 59.7 Å². The zero-order chi connectivity index (χ0) is 13.1. The van der Waals surface area contributed by atoms with E-state index in [0.717, 1.165) is 11.3 Å². The van der Waals surface area contributed by atoms with Gasteiger partial charge in [-0.1, -0.05) is 24.3 Å². The Morgan fingerprint density at radius 1 is 1.11 bits per heavy atom. The molecule has 0 aromatic heterocycles. The lowest BCUT2D eigenvalue weighted by Gasteiger charge is -2.18. The molecule has 0 aliphatic carbocycles. The maximum atomic E-state index is 12.3. The summed E-state index contributed by atoms with van der Waals surface area (Å²) in [5, 5.41) is 0. The van der Waals surface area contributed by atoms with Crippen LogP contribution in [0.5, 0.6) is 0 Å². The summed E-state index contributed by atoms with van der Waals surface area (Å²) >= 11 is 0. The number of nitrogens with zero attached hydrogens (tertiary/aromatic N) is 1. The molecule has 0 bridgehead atoms. The first kappa shape index (κ1) is 12.2. The molecule has 0 aliphatic rings. The van der Waals surface area contributed by atoms with Crippen molar-refractivity contribution in [2.24, 2.45) is 0 Å². The van der Waals surface area contributed by atoms with Gasteiger partial charge in [0.1, 0.15) is 0 Å². The number of carbonyl (C=O) groups excluding carboxylic acids is 1.